The largest absolute Gasteiger partial charge is 0.358 e. The Morgan fingerprint density at radius 3 is 2.77 bits per heavy atom. The van der Waals surface area contributed by atoms with Crippen LogP contribution in [0.5, 0.6) is 0 Å². The molecule has 1 aliphatic heterocycles. The Morgan fingerprint density at radius 1 is 1.08 bits per heavy atom. The van der Waals surface area contributed by atoms with Crippen LogP contribution in [0.4, 0.5) is 0 Å². The van der Waals surface area contributed by atoms with Gasteiger partial charge in [0.2, 0.25) is 0 Å². The molecule has 4 heteroatoms. The lowest BCUT2D eigenvalue weighted by Crippen LogP contribution is -2.25. The number of hydrogen-bond donors (Lipinski definition) is 1. The average Bonchev–Trinajstić information content (AvgIpc) is 3.32. The van der Waals surface area contributed by atoms with Gasteiger partial charge >= 0.3 is 0 Å². The van der Waals surface area contributed by atoms with Gasteiger partial charge in [-0.2, -0.15) is 0 Å². The van der Waals surface area contributed by atoms with Gasteiger partial charge in [0.1, 0.15) is 0 Å². The molecule has 5 rings (SSSR count). The molecule has 0 saturated carbocycles. The van der Waals surface area contributed by atoms with Crippen molar-refractivity contribution >= 4 is 33.6 Å². The summed E-state index contributed by atoms with van der Waals surface area (Å²) in [5.41, 5.74) is 8.26. The summed E-state index contributed by atoms with van der Waals surface area (Å²) in [5, 5.41) is 3.63. The van der Waals surface area contributed by atoms with Crippen LogP contribution in [-0.4, -0.2) is 23.5 Å². The smallest absolute Gasteiger partial charge is 0.0539 e. The Morgan fingerprint density at radius 2 is 1.96 bits per heavy atom. The van der Waals surface area contributed by atoms with Gasteiger partial charge in [-0.05, 0) is 67.7 Å². The Labute approximate surface area is 162 Å². The molecule has 0 radical (unpaired) electrons. The molecule has 0 aliphatic carbocycles. The second kappa shape index (κ2) is 6.08. The van der Waals surface area contributed by atoms with Gasteiger partial charge in [-0.15, -0.1) is 22.7 Å². The zero-order valence-corrected chi connectivity index (χ0v) is 17.0. The Balaban J connectivity index is 1.75. The average molecular weight is 379 g/mol. The van der Waals surface area contributed by atoms with E-state index in [9.17, 15) is 0 Å². The summed E-state index contributed by atoms with van der Waals surface area (Å²) < 4.78 is 0. The lowest BCUT2D eigenvalue weighted by Gasteiger charge is -2.22. The molecule has 26 heavy (non-hydrogen) atoms. The van der Waals surface area contributed by atoms with E-state index in [1.165, 1.54) is 53.5 Å². The second-order valence-corrected chi connectivity index (χ2v) is 9.58. The van der Waals surface area contributed by atoms with Crippen molar-refractivity contribution in [3.05, 3.63) is 57.4 Å². The molecule has 0 spiro atoms. The molecule has 4 aromatic rings. The summed E-state index contributed by atoms with van der Waals surface area (Å²) in [5.74, 6) is 0. The summed E-state index contributed by atoms with van der Waals surface area (Å²) in [4.78, 5) is 10.3. The van der Waals surface area contributed by atoms with E-state index in [0.717, 1.165) is 19.5 Å². The van der Waals surface area contributed by atoms with Crippen LogP contribution in [0.2, 0.25) is 0 Å². The molecule has 1 aromatic carbocycles. The lowest BCUT2D eigenvalue weighted by molar-refractivity contribution is 0.313. The number of H-pyrrole nitrogens is 1. The normalized spacial score (nSPS) is 14.9. The number of rotatable bonds is 2. The topological polar surface area (TPSA) is 19.0 Å². The first-order valence-electron chi connectivity index (χ1n) is 9.07. The van der Waals surface area contributed by atoms with Crippen molar-refractivity contribution in [2.45, 2.75) is 26.8 Å². The van der Waals surface area contributed by atoms with Crippen molar-refractivity contribution in [2.24, 2.45) is 0 Å². The van der Waals surface area contributed by atoms with Crippen molar-refractivity contribution in [1.82, 2.24) is 9.88 Å². The van der Waals surface area contributed by atoms with Crippen LogP contribution in [0.3, 0.4) is 0 Å². The van der Waals surface area contributed by atoms with Gasteiger partial charge in [0.05, 0.1) is 10.4 Å². The number of benzene rings is 1. The highest BCUT2D eigenvalue weighted by atomic mass is 32.1. The predicted octanol–water partition coefficient (Wildman–Crippen LogP) is 6.23. The molecule has 4 heterocycles. The maximum atomic E-state index is 3.79. The summed E-state index contributed by atoms with van der Waals surface area (Å²) in [7, 11) is 2.22. The van der Waals surface area contributed by atoms with E-state index in [1.807, 2.05) is 22.7 Å². The third kappa shape index (κ3) is 2.56. The van der Waals surface area contributed by atoms with Gasteiger partial charge in [0.15, 0.2) is 0 Å². The summed E-state index contributed by atoms with van der Waals surface area (Å²) >= 11 is 3.73. The van der Waals surface area contributed by atoms with Gasteiger partial charge in [-0.1, -0.05) is 0 Å². The predicted molar refractivity (Wildman–Crippen MR) is 114 cm³/mol. The number of aromatic amines is 1. The van der Waals surface area contributed by atoms with Gasteiger partial charge in [0, 0.05) is 51.5 Å². The van der Waals surface area contributed by atoms with Crippen molar-refractivity contribution in [2.75, 3.05) is 13.6 Å². The zero-order chi connectivity index (χ0) is 17.8. The number of likely N-dealkylation sites (N-methyl/N-ethyl adjacent to an activating group) is 1. The van der Waals surface area contributed by atoms with Gasteiger partial charge in [-0.3, -0.25) is 0 Å². The first-order chi connectivity index (χ1) is 12.6. The molecule has 0 bridgehead atoms. The van der Waals surface area contributed by atoms with E-state index in [4.69, 9.17) is 0 Å². The fraction of sp³-hybridized carbons (Fsp3) is 0.273. The Kier molecular flexibility index (Phi) is 3.82. The summed E-state index contributed by atoms with van der Waals surface area (Å²) in [6.45, 7) is 6.57. The molecule has 1 N–H and O–H groups in total. The summed E-state index contributed by atoms with van der Waals surface area (Å²) in [6, 6.07) is 11.5. The first-order valence-corrected chi connectivity index (χ1v) is 10.8. The maximum absolute atomic E-state index is 3.79. The highest BCUT2D eigenvalue weighted by molar-refractivity contribution is 7.21. The first kappa shape index (κ1) is 16.3. The molecule has 3 aromatic heterocycles. The number of thiophene rings is 2. The Hall–Kier alpha value is -1.88. The van der Waals surface area contributed by atoms with Crippen LogP contribution in [0.15, 0.2) is 35.7 Å². The minimum absolute atomic E-state index is 1.04. The van der Waals surface area contributed by atoms with E-state index in [2.05, 4.69) is 66.5 Å². The molecule has 2 nitrogen and oxygen atoms in total. The van der Waals surface area contributed by atoms with Crippen LogP contribution in [-0.2, 0) is 13.0 Å². The van der Waals surface area contributed by atoms with E-state index >= 15 is 0 Å². The molecule has 1 aliphatic rings. The second-order valence-electron chi connectivity index (χ2n) is 7.38. The fourth-order valence-electron chi connectivity index (χ4n) is 4.07. The number of nitrogens with one attached hydrogen (secondary N) is 1. The quantitative estimate of drug-likeness (QED) is 0.438. The third-order valence-corrected chi connectivity index (χ3v) is 7.43. The van der Waals surface area contributed by atoms with E-state index in [0.29, 0.717) is 0 Å². The van der Waals surface area contributed by atoms with Crippen molar-refractivity contribution in [1.29, 1.82) is 0 Å². The highest BCUT2D eigenvalue weighted by Crippen LogP contribution is 2.43. The van der Waals surface area contributed by atoms with E-state index < -0.39 is 0 Å². The number of fused-ring (bicyclic) bond motifs is 3. The highest BCUT2D eigenvalue weighted by Gasteiger charge is 2.22. The zero-order valence-electron chi connectivity index (χ0n) is 15.3. The van der Waals surface area contributed by atoms with Crippen LogP contribution in [0, 0.1) is 13.8 Å². The molecule has 0 saturated heterocycles. The minimum atomic E-state index is 1.04. The SMILES string of the molecule is Cc1cc(-c2ccsc2-c2ccc(C)s2)c2[nH]c3c(c2c1)CN(C)CC3. The van der Waals surface area contributed by atoms with Gasteiger partial charge < -0.3 is 9.88 Å². The molecular weight excluding hydrogens is 356 g/mol. The van der Waals surface area contributed by atoms with Gasteiger partial charge in [0.25, 0.3) is 0 Å². The summed E-state index contributed by atoms with van der Waals surface area (Å²) in [6.07, 6.45) is 1.11. The monoisotopic (exact) mass is 378 g/mol. The third-order valence-electron chi connectivity index (χ3n) is 5.34. The Bertz CT molecular complexity index is 1110. The standard InChI is InChI=1S/C22H22N2S2/c1-13-10-16(15-7-9-25-22(15)20-5-4-14(2)26-20)21-17(11-13)18-12-24(3)8-6-19(18)23-21/h4-5,7,9-11,23H,6,8,12H2,1-3H3. The number of aryl methyl sites for hydroxylation is 2. The number of aromatic nitrogens is 1. The fourth-order valence-corrected chi connectivity index (χ4v) is 6.00. The van der Waals surface area contributed by atoms with E-state index in [1.54, 1.807) is 0 Å². The van der Waals surface area contributed by atoms with Crippen molar-refractivity contribution in [3.8, 4) is 20.9 Å². The van der Waals surface area contributed by atoms with Crippen LogP contribution in [0.1, 0.15) is 21.7 Å². The maximum Gasteiger partial charge on any atom is 0.0539 e. The molecule has 0 fully saturated rings. The molecule has 132 valence electrons. The van der Waals surface area contributed by atoms with Crippen LogP contribution >= 0.6 is 22.7 Å². The molecule has 0 amide bonds. The molecule has 0 unspecified atom stereocenters. The van der Waals surface area contributed by atoms with Gasteiger partial charge in [-0.25, -0.2) is 0 Å². The molecule has 0 atom stereocenters. The molecular formula is C22H22N2S2. The lowest BCUT2D eigenvalue weighted by atomic mass is 9.97. The van der Waals surface area contributed by atoms with Crippen LogP contribution < -0.4 is 0 Å². The number of hydrogen-bond acceptors (Lipinski definition) is 3. The van der Waals surface area contributed by atoms with Crippen molar-refractivity contribution in [3.63, 3.8) is 0 Å². The minimum Gasteiger partial charge on any atom is -0.358 e. The number of nitrogens with zero attached hydrogens (tertiary/aromatic N) is 1. The van der Waals surface area contributed by atoms with Crippen molar-refractivity contribution < 1.29 is 0 Å². The van der Waals surface area contributed by atoms with E-state index in [-0.39, 0.29) is 0 Å². The van der Waals surface area contributed by atoms with Crippen LogP contribution in [0.25, 0.3) is 31.8 Å².